The zero-order valence-corrected chi connectivity index (χ0v) is 15.0. The fraction of sp³-hybridized carbons (Fsp3) is 0.350. The summed E-state index contributed by atoms with van der Waals surface area (Å²) in [6, 6.07) is 18.8. The van der Waals surface area contributed by atoms with Crippen LogP contribution >= 0.6 is 0 Å². The number of likely N-dealkylation sites (tertiary alicyclic amines) is 1. The molecule has 2 aromatic rings. The third kappa shape index (κ3) is 3.93. The van der Waals surface area contributed by atoms with Crippen molar-refractivity contribution in [2.75, 3.05) is 6.54 Å². The Morgan fingerprint density at radius 1 is 1.19 bits per heavy atom. The molecular formula is C20H24N4O3. The molecule has 7 heteroatoms. The average Bonchev–Trinajstić information content (AvgIpc) is 2.69. The molecule has 0 amide bonds. The summed E-state index contributed by atoms with van der Waals surface area (Å²) in [6.45, 7) is 0.339. The van der Waals surface area contributed by atoms with E-state index in [-0.39, 0.29) is 18.3 Å². The van der Waals surface area contributed by atoms with Gasteiger partial charge in [0, 0.05) is 17.9 Å². The van der Waals surface area contributed by atoms with Gasteiger partial charge in [0.15, 0.2) is 5.96 Å². The highest BCUT2D eigenvalue weighted by Gasteiger charge is 2.42. The molecule has 3 rings (SSSR count). The van der Waals surface area contributed by atoms with E-state index in [2.05, 4.69) is 0 Å². The molecule has 2 unspecified atom stereocenters. The Morgan fingerprint density at radius 3 is 2.15 bits per heavy atom. The summed E-state index contributed by atoms with van der Waals surface area (Å²) in [6.07, 6.45) is 0.217. The first kappa shape index (κ1) is 18.8. The number of hydrogen-bond donors (Lipinski definition) is 3. The number of guanidine groups is 1. The number of nitrogens with two attached hydrogens (primary N) is 1. The summed E-state index contributed by atoms with van der Waals surface area (Å²) < 4.78 is 0. The molecule has 0 saturated carbocycles. The summed E-state index contributed by atoms with van der Waals surface area (Å²) in [5.41, 5.74) is 5.81. The van der Waals surface area contributed by atoms with Crippen LogP contribution < -0.4 is 5.73 Å². The first-order valence-electron chi connectivity index (χ1n) is 8.99. The molecule has 1 fully saturated rings. The Kier molecular flexibility index (Phi) is 5.41. The maximum Gasteiger partial charge on any atom is 0.289 e. The smallest absolute Gasteiger partial charge is 0.289 e. The summed E-state index contributed by atoms with van der Waals surface area (Å²) in [7, 11) is 0. The van der Waals surface area contributed by atoms with E-state index < -0.39 is 16.7 Å². The SMILES string of the molecule is N=C(N)N1CCC(CC(O)(c2ccccc2)c2ccccc2)CC1[N+](=O)[O-]. The summed E-state index contributed by atoms with van der Waals surface area (Å²) >= 11 is 0. The maximum absolute atomic E-state index is 11.7. The summed E-state index contributed by atoms with van der Waals surface area (Å²) in [4.78, 5) is 12.4. The molecule has 2 atom stereocenters. The molecule has 4 N–H and O–H groups in total. The van der Waals surface area contributed by atoms with Gasteiger partial charge in [0.2, 0.25) is 0 Å². The van der Waals surface area contributed by atoms with Crippen LogP contribution in [0.4, 0.5) is 0 Å². The second-order valence-electron chi connectivity index (χ2n) is 7.03. The molecule has 0 radical (unpaired) electrons. The highest BCUT2D eigenvalue weighted by Crippen LogP contribution is 2.39. The lowest BCUT2D eigenvalue weighted by Crippen LogP contribution is -2.53. The Bertz CT molecular complexity index is 758. The van der Waals surface area contributed by atoms with Gasteiger partial charge in [-0.3, -0.25) is 20.4 Å². The van der Waals surface area contributed by atoms with Crippen molar-refractivity contribution in [2.45, 2.75) is 31.0 Å². The van der Waals surface area contributed by atoms with Crippen molar-refractivity contribution in [3.63, 3.8) is 0 Å². The monoisotopic (exact) mass is 368 g/mol. The van der Waals surface area contributed by atoms with Crippen molar-refractivity contribution in [1.82, 2.24) is 4.90 Å². The topological polar surface area (TPSA) is 116 Å². The molecule has 2 aromatic carbocycles. The lowest BCUT2D eigenvalue weighted by atomic mass is 9.76. The van der Waals surface area contributed by atoms with Crippen LogP contribution in [0.25, 0.3) is 0 Å². The first-order chi connectivity index (χ1) is 12.9. The van der Waals surface area contributed by atoms with Crippen LogP contribution in [-0.4, -0.2) is 33.6 Å². The van der Waals surface area contributed by atoms with E-state index in [0.29, 0.717) is 19.4 Å². The van der Waals surface area contributed by atoms with E-state index in [9.17, 15) is 15.2 Å². The normalized spacial score (nSPS) is 20.3. The van der Waals surface area contributed by atoms with Crippen LogP contribution in [0.1, 0.15) is 30.4 Å². The number of nitrogens with zero attached hydrogens (tertiary/aromatic N) is 2. The van der Waals surface area contributed by atoms with Gasteiger partial charge < -0.3 is 10.8 Å². The molecule has 0 bridgehead atoms. The van der Waals surface area contributed by atoms with Gasteiger partial charge >= 0.3 is 0 Å². The second kappa shape index (κ2) is 7.75. The zero-order chi connectivity index (χ0) is 19.4. The molecule has 0 aromatic heterocycles. The largest absolute Gasteiger partial charge is 0.380 e. The minimum Gasteiger partial charge on any atom is -0.380 e. The lowest BCUT2D eigenvalue weighted by Gasteiger charge is -2.38. The van der Waals surface area contributed by atoms with Crippen LogP contribution in [0.3, 0.4) is 0 Å². The fourth-order valence-electron chi connectivity index (χ4n) is 3.93. The first-order valence-corrected chi connectivity index (χ1v) is 8.99. The lowest BCUT2D eigenvalue weighted by molar-refractivity contribution is -0.550. The fourth-order valence-corrected chi connectivity index (χ4v) is 3.93. The predicted octanol–water partition coefficient (Wildman–Crippen LogP) is 2.52. The third-order valence-corrected chi connectivity index (χ3v) is 5.32. The van der Waals surface area contributed by atoms with Gasteiger partial charge in [-0.15, -0.1) is 0 Å². The highest BCUT2D eigenvalue weighted by molar-refractivity contribution is 5.74. The quantitative estimate of drug-likeness (QED) is 0.324. The third-order valence-electron chi connectivity index (χ3n) is 5.32. The van der Waals surface area contributed by atoms with Crippen molar-refractivity contribution >= 4 is 5.96 Å². The van der Waals surface area contributed by atoms with Gasteiger partial charge in [-0.25, -0.2) is 0 Å². The number of piperidine rings is 1. The molecule has 7 nitrogen and oxygen atoms in total. The van der Waals surface area contributed by atoms with E-state index in [0.717, 1.165) is 11.1 Å². The number of hydrogen-bond acceptors (Lipinski definition) is 4. The van der Waals surface area contributed by atoms with Crippen molar-refractivity contribution < 1.29 is 10.0 Å². The molecule has 0 spiro atoms. The second-order valence-corrected chi connectivity index (χ2v) is 7.03. The number of aliphatic hydroxyl groups is 1. The summed E-state index contributed by atoms with van der Waals surface area (Å²) in [5, 5.41) is 30.7. The van der Waals surface area contributed by atoms with Crippen molar-refractivity contribution in [3.05, 3.63) is 81.9 Å². The Morgan fingerprint density at radius 2 is 1.70 bits per heavy atom. The molecule has 1 heterocycles. The minimum atomic E-state index is -1.23. The number of rotatable bonds is 5. The van der Waals surface area contributed by atoms with Gasteiger partial charge in [-0.2, -0.15) is 0 Å². The molecule has 1 saturated heterocycles. The Hall–Kier alpha value is -2.93. The van der Waals surface area contributed by atoms with Crippen LogP contribution in [0, 0.1) is 21.4 Å². The van der Waals surface area contributed by atoms with Crippen molar-refractivity contribution in [1.29, 1.82) is 5.41 Å². The summed E-state index contributed by atoms with van der Waals surface area (Å²) in [5.74, 6) is -0.349. The van der Waals surface area contributed by atoms with Crippen molar-refractivity contribution in [2.24, 2.45) is 11.7 Å². The molecule has 1 aliphatic rings. The number of nitro groups is 1. The van der Waals surface area contributed by atoms with Crippen LogP contribution in [0.15, 0.2) is 60.7 Å². The number of nitrogens with one attached hydrogen (secondary N) is 1. The van der Waals surface area contributed by atoms with Gasteiger partial charge in [0.1, 0.15) is 5.60 Å². The molecule has 142 valence electrons. The van der Waals surface area contributed by atoms with Gasteiger partial charge in [-0.1, -0.05) is 60.7 Å². The predicted molar refractivity (Wildman–Crippen MR) is 103 cm³/mol. The molecule has 0 aliphatic carbocycles. The van der Waals surface area contributed by atoms with Crippen LogP contribution in [0.5, 0.6) is 0 Å². The molecule has 1 aliphatic heterocycles. The van der Waals surface area contributed by atoms with Gasteiger partial charge in [-0.05, 0) is 29.9 Å². The Balaban J connectivity index is 1.90. The van der Waals surface area contributed by atoms with E-state index in [1.165, 1.54) is 4.90 Å². The van der Waals surface area contributed by atoms with Crippen LogP contribution in [0.2, 0.25) is 0 Å². The van der Waals surface area contributed by atoms with Gasteiger partial charge in [0.05, 0.1) is 0 Å². The molecule has 27 heavy (non-hydrogen) atoms. The number of benzene rings is 2. The average molecular weight is 368 g/mol. The minimum absolute atomic E-state index is 0.0681. The zero-order valence-electron chi connectivity index (χ0n) is 15.0. The van der Waals surface area contributed by atoms with E-state index in [4.69, 9.17) is 11.1 Å². The van der Waals surface area contributed by atoms with E-state index >= 15 is 0 Å². The maximum atomic E-state index is 11.7. The molecular weight excluding hydrogens is 344 g/mol. The standard InChI is InChI=1S/C20H24N4O3/c21-19(22)23-12-11-15(13-18(23)24(26)27)14-20(25,16-7-3-1-4-8-16)17-9-5-2-6-10-17/h1-10,15,18,25H,11-14H2,(H3,21,22). The van der Waals surface area contributed by atoms with Gasteiger partial charge in [0.25, 0.3) is 6.17 Å². The Labute approximate surface area is 158 Å². The highest BCUT2D eigenvalue weighted by atomic mass is 16.6. The van der Waals surface area contributed by atoms with Crippen molar-refractivity contribution in [3.8, 4) is 0 Å². The van der Waals surface area contributed by atoms with E-state index in [1.807, 2.05) is 60.7 Å². The van der Waals surface area contributed by atoms with E-state index in [1.54, 1.807) is 0 Å². The van der Waals surface area contributed by atoms with Crippen LogP contribution in [-0.2, 0) is 5.60 Å².